The van der Waals surface area contributed by atoms with Gasteiger partial charge in [0.05, 0.1) is 0 Å². The Bertz CT molecular complexity index is 688. The molecule has 1 aromatic rings. The molecular formula is C17H20ClN3O4. The van der Waals surface area contributed by atoms with Gasteiger partial charge in [-0.25, -0.2) is 9.69 Å². The number of hydrogen-bond acceptors (Lipinski definition) is 4. The SMILES string of the molecule is CC(C)CN1C(=O)C(=O)N(CC(=O)NCCc2ccc(Cl)cc2)C1=O. The highest BCUT2D eigenvalue weighted by Gasteiger charge is 2.45. The third kappa shape index (κ3) is 4.79. The first-order valence-electron chi connectivity index (χ1n) is 7.98. The van der Waals surface area contributed by atoms with Gasteiger partial charge >= 0.3 is 17.8 Å². The lowest BCUT2D eigenvalue weighted by atomic mass is 10.1. The molecular weight excluding hydrogens is 346 g/mol. The van der Waals surface area contributed by atoms with Crippen molar-refractivity contribution in [2.24, 2.45) is 5.92 Å². The zero-order valence-corrected chi connectivity index (χ0v) is 14.9. The van der Waals surface area contributed by atoms with Crippen LogP contribution in [0.1, 0.15) is 19.4 Å². The van der Waals surface area contributed by atoms with Crippen molar-refractivity contribution in [2.75, 3.05) is 19.6 Å². The Balaban J connectivity index is 1.85. The quantitative estimate of drug-likeness (QED) is 0.585. The molecule has 8 heteroatoms. The van der Waals surface area contributed by atoms with Gasteiger partial charge in [-0.15, -0.1) is 0 Å². The van der Waals surface area contributed by atoms with Crippen molar-refractivity contribution in [1.29, 1.82) is 0 Å². The van der Waals surface area contributed by atoms with Crippen molar-refractivity contribution < 1.29 is 19.2 Å². The highest BCUT2D eigenvalue weighted by molar-refractivity contribution is 6.45. The summed E-state index contributed by atoms with van der Waals surface area (Å²) in [6.45, 7) is 3.70. The number of carbonyl (C=O) groups is 4. The largest absolute Gasteiger partial charge is 0.354 e. The summed E-state index contributed by atoms with van der Waals surface area (Å²) in [6.07, 6.45) is 0.587. The number of hydrogen-bond donors (Lipinski definition) is 1. The molecule has 0 aliphatic carbocycles. The van der Waals surface area contributed by atoms with Gasteiger partial charge in [0, 0.05) is 18.1 Å². The Morgan fingerprint density at radius 2 is 1.68 bits per heavy atom. The van der Waals surface area contributed by atoms with Crippen molar-refractivity contribution in [3.63, 3.8) is 0 Å². The molecule has 0 unspecified atom stereocenters. The molecule has 0 saturated carbocycles. The lowest BCUT2D eigenvalue weighted by Gasteiger charge is -2.16. The fourth-order valence-corrected chi connectivity index (χ4v) is 2.54. The number of benzene rings is 1. The predicted molar refractivity (Wildman–Crippen MR) is 91.8 cm³/mol. The van der Waals surface area contributed by atoms with E-state index in [1.807, 2.05) is 26.0 Å². The van der Waals surface area contributed by atoms with Crippen molar-refractivity contribution in [3.05, 3.63) is 34.9 Å². The van der Waals surface area contributed by atoms with Gasteiger partial charge in [-0.05, 0) is 30.0 Å². The van der Waals surface area contributed by atoms with Crippen LogP contribution in [-0.2, 0) is 20.8 Å². The molecule has 1 aliphatic heterocycles. The van der Waals surface area contributed by atoms with Crippen LogP contribution in [0.4, 0.5) is 4.79 Å². The van der Waals surface area contributed by atoms with Crippen LogP contribution in [0.15, 0.2) is 24.3 Å². The molecule has 1 fully saturated rings. The average molecular weight is 366 g/mol. The minimum absolute atomic E-state index is 0.0360. The number of nitrogens with one attached hydrogen (secondary N) is 1. The van der Waals surface area contributed by atoms with Crippen LogP contribution in [-0.4, -0.2) is 53.2 Å². The molecule has 7 nitrogen and oxygen atoms in total. The van der Waals surface area contributed by atoms with Crippen molar-refractivity contribution in [1.82, 2.24) is 15.1 Å². The van der Waals surface area contributed by atoms with E-state index >= 15 is 0 Å². The number of nitrogens with zero attached hydrogens (tertiary/aromatic N) is 2. The molecule has 134 valence electrons. The van der Waals surface area contributed by atoms with Crippen LogP contribution in [0.25, 0.3) is 0 Å². The van der Waals surface area contributed by atoms with E-state index in [0.717, 1.165) is 10.5 Å². The minimum Gasteiger partial charge on any atom is -0.354 e. The summed E-state index contributed by atoms with van der Waals surface area (Å²) in [5.41, 5.74) is 0.997. The van der Waals surface area contributed by atoms with Crippen LogP contribution in [0.3, 0.4) is 0 Å². The maximum atomic E-state index is 12.1. The number of urea groups is 1. The van der Waals surface area contributed by atoms with E-state index in [1.165, 1.54) is 0 Å². The summed E-state index contributed by atoms with van der Waals surface area (Å²) in [6, 6.07) is 6.48. The molecule has 5 amide bonds. The molecule has 1 aromatic carbocycles. The minimum atomic E-state index is -0.960. The summed E-state index contributed by atoms with van der Waals surface area (Å²) in [5, 5.41) is 3.27. The highest BCUT2D eigenvalue weighted by Crippen LogP contribution is 2.14. The monoisotopic (exact) mass is 365 g/mol. The van der Waals surface area contributed by atoms with Gasteiger partial charge in [0.1, 0.15) is 6.54 Å². The third-order valence-corrected chi connectivity index (χ3v) is 3.89. The standard InChI is InChI=1S/C17H20ClN3O4/c1-11(2)9-20-15(23)16(24)21(17(20)25)10-14(22)19-8-7-12-3-5-13(18)6-4-12/h3-6,11H,7-10H2,1-2H3,(H,19,22). The molecule has 0 radical (unpaired) electrons. The Kier molecular flexibility index (Phi) is 6.14. The summed E-state index contributed by atoms with van der Waals surface area (Å²) < 4.78 is 0. The van der Waals surface area contributed by atoms with Crippen LogP contribution >= 0.6 is 11.6 Å². The summed E-state index contributed by atoms with van der Waals surface area (Å²) in [4.78, 5) is 49.4. The maximum Gasteiger partial charge on any atom is 0.334 e. The molecule has 1 aliphatic rings. The lowest BCUT2D eigenvalue weighted by Crippen LogP contribution is -2.42. The second kappa shape index (κ2) is 8.11. The van der Waals surface area contributed by atoms with Crippen LogP contribution in [0.2, 0.25) is 5.02 Å². The van der Waals surface area contributed by atoms with Gasteiger partial charge in [0.15, 0.2) is 0 Å². The van der Waals surface area contributed by atoms with Gasteiger partial charge in [0.2, 0.25) is 5.91 Å². The normalized spacial score (nSPS) is 14.6. The van der Waals surface area contributed by atoms with Gasteiger partial charge in [-0.3, -0.25) is 19.3 Å². The number of amides is 5. The van der Waals surface area contributed by atoms with E-state index in [4.69, 9.17) is 11.6 Å². The molecule has 0 bridgehead atoms. The van der Waals surface area contributed by atoms with Gasteiger partial charge in [-0.1, -0.05) is 37.6 Å². The summed E-state index contributed by atoms with van der Waals surface area (Å²) in [5.74, 6) is -2.30. The smallest absolute Gasteiger partial charge is 0.334 e. The molecule has 1 N–H and O–H groups in total. The molecule has 1 heterocycles. The van der Waals surface area contributed by atoms with Crippen LogP contribution in [0.5, 0.6) is 0 Å². The van der Waals surface area contributed by atoms with Gasteiger partial charge in [0.25, 0.3) is 0 Å². The Hall–Kier alpha value is -2.41. The predicted octanol–water partition coefficient (Wildman–Crippen LogP) is 1.45. The molecule has 25 heavy (non-hydrogen) atoms. The molecule has 0 atom stereocenters. The molecule has 2 rings (SSSR count). The number of imide groups is 2. The maximum absolute atomic E-state index is 12.1. The van der Waals surface area contributed by atoms with E-state index in [9.17, 15) is 19.2 Å². The van der Waals surface area contributed by atoms with Crippen molar-refractivity contribution >= 4 is 35.4 Å². The fourth-order valence-electron chi connectivity index (χ4n) is 2.41. The lowest BCUT2D eigenvalue weighted by molar-refractivity contribution is -0.144. The molecule has 1 saturated heterocycles. The number of carbonyl (C=O) groups excluding carboxylic acids is 4. The zero-order chi connectivity index (χ0) is 18.6. The second-order valence-corrected chi connectivity index (χ2v) is 6.65. The van der Waals surface area contributed by atoms with Gasteiger partial charge in [-0.2, -0.15) is 0 Å². The van der Waals surface area contributed by atoms with E-state index in [-0.39, 0.29) is 12.5 Å². The third-order valence-electron chi connectivity index (χ3n) is 3.63. The van der Waals surface area contributed by atoms with E-state index in [1.54, 1.807) is 12.1 Å². The van der Waals surface area contributed by atoms with Crippen molar-refractivity contribution in [2.45, 2.75) is 20.3 Å². The number of halogens is 1. The molecule has 0 aromatic heterocycles. The van der Waals surface area contributed by atoms with Crippen LogP contribution in [0, 0.1) is 5.92 Å². The van der Waals surface area contributed by atoms with E-state index < -0.39 is 30.3 Å². The van der Waals surface area contributed by atoms with Gasteiger partial charge < -0.3 is 5.32 Å². The Morgan fingerprint density at radius 3 is 2.28 bits per heavy atom. The first-order valence-corrected chi connectivity index (χ1v) is 8.36. The number of rotatable bonds is 7. The van der Waals surface area contributed by atoms with E-state index in [2.05, 4.69) is 5.32 Å². The average Bonchev–Trinajstić information content (AvgIpc) is 2.74. The topological polar surface area (TPSA) is 86.8 Å². The zero-order valence-electron chi connectivity index (χ0n) is 14.1. The summed E-state index contributed by atoms with van der Waals surface area (Å²) in [7, 11) is 0. The van der Waals surface area contributed by atoms with E-state index in [0.29, 0.717) is 22.9 Å². The second-order valence-electron chi connectivity index (χ2n) is 6.21. The Labute approximate surface area is 150 Å². The van der Waals surface area contributed by atoms with Crippen molar-refractivity contribution in [3.8, 4) is 0 Å². The first-order chi connectivity index (χ1) is 11.8. The molecule has 0 spiro atoms. The summed E-state index contributed by atoms with van der Waals surface area (Å²) >= 11 is 5.80. The fraction of sp³-hybridized carbons (Fsp3) is 0.412. The van der Waals surface area contributed by atoms with Crippen LogP contribution < -0.4 is 5.32 Å². The highest BCUT2D eigenvalue weighted by atomic mass is 35.5. The Morgan fingerprint density at radius 1 is 1.08 bits per heavy atom. The first kappa shape index (κ1) is 18.9.